The molecular weight excluding hydrogens is 216 g/mol. The standard InChI is InChI=1S/C13H24N2O2/c1-13(2)8-11(4-6-17-13)15-12(16)7-10-3-5-14-9-10/h10-11,14H,3-9H2,1-2H3,(H,15,16). The fourth-order valence-electron chi connectivity index (χ4n) is 2.79. The van der Waals surface area contributed by atoms with Crippen LogP contribution in [0.25, 0.3) is 0 Å². The SMILES string of the molecule is CC1(C)CC(NC(=O)CC2CCNC2)CCO1. The van der Waals surface area contributed by atoms with Gasteiger partial charge in [-0.3, -0.25) is 4.79 Å². The van der Waals surface area contributed by atoms with Crippen LogP contribution in [-0.4, -0.2) is 37.2 Å². The third-order valence-electron chi connectivity index (χ3n) is 3.70. The van der Waals surface area contributed by atoms with Gasteiger partial charge in [0.1, 0.15) is 0 Å². The molecule has 0 aromatic rings. The van der Waals surface area contributed by atoms with Gasteiger partial charge in [0.25, 0.3) is 0 Å². The summed E-state index contributed by atoms with van der Waals surface area (Å²) in [5, 5.41) is 6.45. The normalized spacial score (nSPS) is 32.4. The summed E-state index contributed by atoms with van der Waals surface area (Å²) < 4.78 is 5.65. The third kappa shape index (κ3) is 3.96. The summed E-state index contributed by atoms with van der Waals surface area (Å²) in [6.07, 6.45) is 3.66. The lowest BCUT2D eigenvalue weighted by molar-refractivity contribution is -0.124. The molecule has 2 fully saturated rings. The molecule has 2 atom stereocenters. The van der Waals surface area contributed by atoms with Crippen LogP contribution in [0.15, 0.2) is 0 Å². The lowest BCUT2D eigenvalue weighted by atomic mass is 9.93. The van der Waals surface area contributed by atoms with Crippen LogP contribution in [0.2, 0.25) is 0 Å². The van der Waals surface area contributed by atoms with Crippen molar-refractivity contribution in [2.24, 2.45) is 5.92 Å². The summed E-state index contributed by atoms with van der Waals surface area (Å²) in [5.74, 6) is 0.740. The van der Waals surface area contributed by atoms with Gasteiger partial charge in [-0.2, -0.15) is 0 Å². The molecule has 0 radical (unpaired) electrons. The maximum absolute atomic E-state index is 11.9. The van der Waals surface area contributed by atoms with Crippen LogP contribution in [0, 0.1) is 5.92 Å². The van der Waals surface area contributed by atoms with Crippen LogP contribution < -0.4 is 10.6 Å². The number of nitrogens with one attached hydrogen (secondary N) is 2. The Morgan fingerprint density at radius 1 is 1.47 bits per heavy atom. The largest absolute Gasteiger partial charge is 0.375 e. The van der Waals surface area contributed by atoms with Crippen LogP contribution >= 0.6 is 0 Å². The first kappa shape index (κ1) is 12.8. The molecule has 98 valence electrons. The van der Waals surface area contributed by atoms with Gasteiger partial charge in [0.05, 0.1) is 5.60 Å². The van der Waals surface area contributed by atoms with Crippen molar-refractivity contribution in [1.82, 2.24) is 10.6 Å². The lowest BCUT2D eigenvalue weighted by Gasteiger charge is -2.35. The predicted molar refractivity (Wildman–Crippen MR) is 66.8 cm³/mol. The van der Waals surface area contributed by atoms with E-state index >= 15 is 0 Å². The van der Waals surface area contributed by atoms with Gasteiger partial charge in [0, 0.05) is 19.1 Å². The summed E-state index contributed by atoms with van der Waals surface area (Å²) in [7, 11) is 0. The van der Waals surface area contributed by atoms with Gasteiger partial charge in [-0.25, -0.2) is 0 Å². The zero-order chi connectivity index (χ0) is 12.3. The highest BCUT2D eigenvalue weighted by Gasteiger charge is 2.30. The monoisotopic (exact) mass is 240 g/mol. The van der Waals surface area contributed by atoms with Gasteiger partial charge >= 0.3 is 0 Å². The highest BCUT2D eigenvalue weighted by Crippen LogP contribution is 2.24. The molecule has 0 aromatic heterocycles. The maximum atomic E-state index is 11.9. The first-order valence-electron chi connectivity index (χ1n) is 6.69. The van der Waals surface area contributed by atoms with E-state index in [0.29, 0.717) is 18.4 Å². The number of ether oxygens (including phenoxy) is 1. The second-order valence-corrected chi connectivity index (χ2v) is 5.93. The van der Waals surface area contributed by atoms with E-state index in [9.17, 15) is 4.79 Å². The fraction of sp³-hybridized carbons (Fsp3) is 0.923. The van der Waals surface area contributed by atoms with Gasteiger partial charge < -0.3 is 15.4 Å². The molecule has 0 saturated carbocycles. The predicted octanol–water partition coefficient (Wildman–Crippen LogP) is 1.06. The van der Waals surface area contributed by atoms with Crippen LogP contribution in [0.5, 0.6) is 0 Å². The van der Waals surface area contributed by atoms with Crippen molar-refractivity contribution in [3.05, 3.63) is 0 Å². The third-order valence-corrected chi connectivity index (χ3v) is 3.70. The molecule has 2 aliphatic rings. The molecule has 0 aliphatic carbocycles. The average Bonchev–Trinajstić information content (AvgIpc) is 2.68. The van der Waals surface area contributed by atoms with Crippen LogP contribution in [0.3, 0.4) is 0 Å². The Morgan fingerprint density at radius 3 is 2.94 bits per heavy atom. The molecule has 17 heavy (non-hydrogen) atoms. The molecule has 2 unspecified atom stereocenters. The fourth-order valence-corrected chi connectivity index (χ4v) is 2.79. The van der Waals surface area contributed by atoms with Crippen molar-refractivity contribution in [1.29, 1.82) is 0 Å². The molecule has 0 aromatic carbocycles. The Balaban J connectivity index is 1.74. The van der Waals surface area contributed by atoms with Gasteiger partial charge in [-0.05, 0) is 52.1 Å². The van der Waals surface area contributed by atoms with Crippen molar-refractivity contribution in [3.8, 4) is 0 Å². The molecule has 4 heteroatoms. The van der Waals surface area contributed by atoms with Crippen molar-refractivity contribution in [3.63, 3.8) is 0 Å². The molecule has 4 nitrogen and oxygen atoms in total. The van der Waals surface area contributed by atoms with E-state index < -0.39 is 0 Å². The Kier molecular flexibility index (Phi) is 4.05. The second kappa shape index (κ2) is 5.36. The lowest BCUT2D eigenvalue weighted by Crippen LogP contribution is -2.46. The Morgan fingerprint density at radius 2 is 2.29 bits per heavy atom. The van der Waals surface area contributed by atoms with Crippen molar-refractivity contribution >= 4 is 5.91 Å². The van der Waals surface area contributed by atoms with E-state index in [1.165, 1.54) is 0 Å². The average molecular weight is 240 g/mol. The topological polar surface area (TPSA) is 50.4 Å². The van der Waals surface area contributed by atoms with E-state index in [2.05, 4.69) is 24.5 Å². The summed E-state index contributed by atoms with van der Waals surface area (Å²) in [6, 6.07) is 0.292. The van der Waals surface area contributed by atoms with Gasteiger partial charge in [-0.1, -0.05) is 0 Å². The first-order valence-corrected chi connectivity index (χ1v) is 6.69. The highest BCUT2D eigenvalue weighted by atomic mass is 16.5. The van der Waals surface area contributed by atoms with Gasteiger partial charge in [0.2, 0.25) is 5.91 Å². The number of carbonyl (C=O) groups excluding carboxylic acids is 1. The summed E-state index contributed by atoms with van der Waals surface area (Å²) in [5.41, 5.74) is -0.0922. The smallest absolute Gasteiger partial charge is 0.220 e. The molecule has 2 saturated heterocycles. The van der Waals surface area contributed by atoms with Gasteiger partial charge in [0.15, 0.2) is 0 Å². The molecule has 0 spiro atoms. The number of rotatable bonds is 3. The molecular formula is C13H24N2O2. The van der Waals surface area contributed by atoms with Gasteiger partial charge in [-0.15, -0.1) is 0 Å². The highest BCUT2D eigenvalue weighted by molar-refractivity contribution is 5.76. The van der Waals surface area contributed by atoms with E-state index in [4.69, 9.17) is 4.74 Å². The molecule has 0 bridgehead atoms. The number of amides is 1. The Labute approximate surface area is 103 Å². The zero-order valence-corrected chi connectivity index (χ0v) is 10.9. The zero-order valence-electron chi connectivity index (χ0n) is 10.9. The molecule has 2 aliphatic heterocycles. The minimum atomic E-state index is -0.0922. The molecule has 1 amide bonds. The van der Waals surface area contributed by atoms with E-state index in [1.807, 2.05) is 0 Å². The minimum absolute atomic E-state index is 0.0922. The van der Waals surface area contributed by atoms with Crippen molar-refractivity contribution < 1.29 is 9.53 Å². The van der Waals surface area contributed by atoms with E-state index in [-0.39, 0.29) is 11.5 Å². The minimum Gasteiger partial charge on any atom is -0.375 e. The van der Waals surface area contributed by atoms with Crippen molar-refractivity contribution in [2.45, 2.75) is 51.2 Å². The van der Waals surface area contributed by atoms with E-state index in [0.717, 1.165) is 39.0 Å². The number of hydrogen-bond acceptors (Lipinski definition) is 3. The van der Waals surface area contributed by atoms with Crippen molar-refractivity contribution in [2.75, 3.05) is 19.7 Å². The Bertz CT molecular complexity index is 273. The maximum Gasteiger partial charge on any atom is 0.220 e. The van der Waals surface area contributed by atoms with Crippen LogP contribution in [0.1, 0.15) is 39.5 Å². The number of hydrogen-bond donors (Lipinski definition) is 2. The van der Waals surface area contributed by atoms with E-state index in [1.54, 1.807) is 0 Å². The molecule has 2 N–H and O–H groups in total. The summed E-state index contributed by atoms with van der Waals surface area (Å²) in [6.45, 7) is 6.98. The first-order chi connectivity index (χ1) is 8.05. The van der Waals surface area contributed by atoms with Crippen LogP contribution in [-0.2, 0) is 9.53 Å². The second-order valence-electron chi connectivity index (χ2n) is 5.93. The Hall–Kier alpha value is -0.610. The molecule has 2 rings (SSSR count). The van der Waals surface area contributed by atoms with Crippen LogP contribution in [0.4, 0.5) is 0 Å². The molecule has 2 heterocycles. The summed E-state index contributed by atoms with van der Waals surface area (Å²) in [4.78, 5) is 11.9. The summed E-state index contributed by atoms with van der Waals surface area (Å²) >= 11 is 0. The quantitative estimate of drug-likeness (QED) is 0.775. The number of carbonyl (C=O) groups is 1.